The molecule has 0 saturated heterocycles. The summed E-state index contributed by atoms with van der Waals surface area (Å²) in [5, 5.41) is 3.25. The van der Waals surface area contributed by atoms with Crippen molar-refractivity contribution in [1.29, 1.82) is 0 Å². The number of benzene rings is 1. The topological polar surface area (TPSA) is 12.0 Å². The molecule has 1 N–H and O–H groups in total. The summed E-state index contributed by atoms with van der Waals surface area (Å²) in [6.07, 6.45) is 0. The summed E-state index contributed by atoms with van der Waals surface area (Å²) in [5.74, 6) is 5.44. The third-order valence-electron chi connectivity index (χ3n) is 1.74. The summed E-state index contributed by atoms with van der Waals surface area (Å²) < 4.78 is 13.0. The van der Waals surface area contributed by atoms with Gasteiger partial charge in [0.05, 0.1) is 11.6 Å². The second-order valence-corrected chi connectivity index (χ2v) is 3.32. The number of hydrogen-bond acceptors (Lipinski definition) is 1. The summed E-state index contributed by atoms with van der Waals surface area (Å²) >= 11 is 5.82. The highest BCUT2D eigenvalue weighted by Gasteiger charge is 2.02. The number of halogens is 2. The largest absolute Gasteiger partial charge is 0.309 e. The molecule has 3 heteroatoms. The Morgan fingerprint density at radius 2 is 2.21 bits per heavy atom. The van der Waals surface area contributed by atoms with E-state index >= 15 is 0 Å². The minimum absolute atomic E-state index is 0.297. The fourth-order valence-corrected chi connectivity index (χ4v) is 1.18. The predicted molar refractivity (Wildman–Crippen MR) is 57.0 cm³/mol. The van der Waals surface area contributed by atoms with E-state index in [2.05, 4.69) is 17.2 Å². The van der Waals surface area contributed by atoms with Gasteiger partial charge in [-0.05, 0) is 31.7 Å². The molecule has 1 rings (SSSR count). The van der Waals surface area contributed by atoms with Gasteiger partial charge in [0.15, 0.2) is 0 Å². The molecule has 0 aromatic heterocycles. The van der Waals surface area contributed by atoms with Crippen molar-refractivity contribution in [2.24, 2.45) is 0 Å². The predicted octanol–water partition coefficient (Wildman–Crippen LogP) is 2.36. The standard InChI is InChI=1S/C11H11ClFN/c1-8-6-9(4-3-5-14-2)10(12)7-11(8)13/h6-7,14H,5H2,1-2H3. The van der Waals surface area contributed by atoms with Crippen molar-refractivity contribution in [3.8, 4) is 11.8 Å². The van der Waals surface area contributed by atoms with Crippen molar-refractivity contribution in [3.63, 3.8) is 0 Å². The van der Waals surface area contributed by atoms with Crippen LogP contribution in [0.5, 0.6) is 0 Å². The van der Waals surface area contributed by atoms with E-state index in [0.717, 1.165) is 0 Å². The Hall–Kier alpha value is -1.04. The summed E-state index contributed by atoms with van der Waals surface area (Å²) in [5.41, 5.74) is 1.23. The Bertz CT molecular complexity index is 390. The lowest BCUT2D eigenvalue weighted by molar-refractivity contribution is 0.618. The minimum atomic E-state index is -0.297. The first kappa shape index (κ1) is 11.0. The van der Waals surface area contributed by atoms with Gasteiger partial charge in [-0.15, -0.1) is 0 Å². The molecule has 1 aromatic carbocycles. The van der Waals surface area contributed by atoms with Gasteiger partial charge in [0, 0.05) is 5.56 Å². The van der Waals surface area contributed by atoms with Crippen LogP contribution in [-0.2, 0) is 0 Å². The average molecular weight is 212 g/mol. The fraction of sp³-hybridized carbons (Fsp3) is 0.273. The zero-order valence-corrected chi connectivity index (χ0v) is 8.87. The SMILES string of the molecule is CNCC#Cc1cc(C)c(F)cc1Cl. The molecule has 14 heavy (non-hydrogen) atoms. The van der Waals surface area contributed by atoms with Crippen LogP contribution in [0.25, 0.3) is 0 Å². The molecule has 0 spiro atoms. The van der Waals surface area contributed by atoms with Crippen LogP contribution < -0.4 is 5.32 Å². The van der Waals surface area contributed by atoms with E-state index in [-0.39, 0.29) is 5.82 Å². The van der Waals surface area contributed by atoms with E-state index in [9.17, 15) is 4.39 Å². The zero-order chi connectivity index (χ0) is 10.6. The van der Waals surface area contributed by atoms with E-state index in [0.29, 0.717) is 22.7 Å². The average Bonchev–Trinajstić information content (AvgIpc) is 2.14. The number of hydrogen-bond donors (Lipinski definition) is 1. The molecule has 0 aliphatic heterocycles. The number of rotatable bonds is 1. The Kier molecular flexibility index (Phi) is 3.94. The molecule has 0 atom stereocenters. The highest BCUT2D eigenvalue weighted by atomic mass is 35.5. The lowest BCUT2D eigenvalue weighted by Gasteiger charge is -1.99. The maximum atomic E-state index is 13.0. The van der Waals surface area contributed by atoms with Gasteiger partial charge in [-0.25, -0.2) is 4.39 Å². The van der Waals surface area contributed by atoms with Gasteiger partial charge >= 0.3 is 0 Å². The minimum Gasteiger partial charge on any atom is -0.309 e. The van der Waals surface area contributed by atoms with Crippen LogP contribution in [0.15, 0.2) is 12.1 Å². The van der Waals surface area contributed by atoms with Crippen LogP contribution in [0.4, 0.5) is 4.39 Å². The summed E-state index contributed by atoms with van der Waals surface area (Å²) in [6.45, 7) is 2.28. The van der Waals surface area contributed by atoms with Crippen molar-refractivity contribution in [2.75, 3.05) is 13.6 Å². The van der Waals surface area contributed by atoms with Gasteiger partial charge in [0.2, 0.25) is 0 Å². The molecule has 0 radical (unpaired) electrons. The zero-order valence-electron chi connectivity index (χ0n) is 8.12. The van der Waals surface area contributed by atoms with Gasteiger partial charge in [0.25, 0.3) is 0 Å². The molecular weight excluding hydrogens is 201 g/mol. The maximum absolute atomic E-state index is 13.0. The molecule has 1 nitrogen and oxygen atoms in total. The van der Waals surface area contributed by atoms with Crippen LogP contribution in [0, 0.1) is 24.6 Å². The van der Waals surface area contributed by atoms with Crippen molar-refractivity contribution in [3.05, 3.63) is 34.1 Å². The normalized spacial score (nSPS) is 9.43. The van der Waals surface area contributed by atoms with E-state index in [1.807, 2.05) is 7.05 Å². The molecule has 0 fully saturated rings. The molecule has 1 aromatic rings. The molecule has 0 unspecified atom stereocenters. The lowest BCUT2D eigenvalue weighted by atomic mass is 10.1. The van der Waals surface area contributed by atoms with Crippen molar-refractivity contribution in [2.45, 2.75) is 6.92 Å². The third kappa shape index (κ3) is 2.73. The molecule has 0 bridgehead atoms. The number of aryl methyl sites for hydroxylation is 1. The van der Waals surface area contributed by atoms with Gasteiger partial charge < -0.3 is 5.32 Å². The van der Waals surface area contributed by atoms with Gasteiger partial charge in [0.1, 0.15) is 5.82 Å². The third-order valence-corrected chi connectivity index (χ3v) is 2.05. The highest BCUT2D eigenvalue weighted by Crippen LogP contribution is 2.19. The van der Waals surface area contributed by atoms with Crippen LogP contribution in [0.1, 0.15) is 11.1 Å². The monoisotopic (exact) mass is 211 g/mol. The Morgan fingerprint density at radius 3 is 2.86 bits per heavy atom. The van der Waals surface area contributed by atoms with E-state index in [1.54, 1.807) is 13.0 Å². The first-order chi connectivity index (χ1) is 6.65. The Morgan fingerprint density at radius 1 is 1.50 bits per heavy atom. The second-order valence-electron chi connectivity index (χ2n) is 2.91. The number of nitrogens with one attached hydrogen (secondary N) is 1. The van der Waals surface area contributed by atoms with Gasteiger partial charge in [-0.3, -0.25) is 0 Å². The summed E-state index contributed by atoms with van der Waals surface area (Å²) in [7, 11) is 1.81. The lowest BCUT2D eigenvalue weighted by Crippen LogP contribution is -2.04. The molecular formula is C11H11ClFN. The van der Waals surface area contributed by atoms with E-state index < -0.39 is 0 Å². The first-order valence-corrected chi connectivity index (χ1v) is 4.62. The van der Waals surface area contributed by atoms with E-state index in [1.165, 1.54) is 6.07 Å². The summed E-state index contributed by atoms with van der Waals surface area (Å²) in [4.78, 5) is 0. The Labute approximate surface area is 88.3 Å². The molecule has 0 amide bonds. The van der Waals surface area contributed by atoms with Crippen LogP contribution in [0.2, 0.25) is 5.02 Å². The van der Waals surface area contributed by atoms with Crippen molar-refractivity contribution >= 4 is 11.6 Å². The van der Waals surface area contributed by atoms with Crippen molar-refractivity contribution < 1.29 is 4.39 Å². The quantitative estimate of drug-likeness (QED) is 0.704. The van der Waals surface area contributed by atoms with Crippen molar-refractivity contribution in [1.82, 2.24) is 5.32 Å². The Balaban J connectivity index is 3.00. The maximum Gasteiger partial charge on any atom is 0.127 e. The van der Waals surface area contributed by atoms with Gasteiger partial charge in [-0.2, -0.15) is 0 Å². The van der Waals surface area contributed by atoms with Gasteiger partial charge in [-0.1, -0.05) is 23.4 Å². The van der Waals surface area contributed by atoms with Crippen LogP contribution >= 0.6 is 11.6 Å². The highest BCUT2D eigenvalue weighted by molar-refractivity contribution is 6.31. The van der Waals surface area contributed by atoms with Crippen LogP contribution in [0.3, 0.4) is 0 Å². The summed E-state index contributed by atoms with van der Waals surface area (Å²) in [6, 6.07) is 2.95. The molecule has 74 valence electrons. The van der Waals surface area contributed by atoms with E-state index in [4.69, 9.17) is 11.6 Å². The second kappa shape index (κ2) is 4.99. The molecule has 0 aliphatic carbocycles. The smallest absolute Gasteiger partial charge is 0.127 e. The fourth-order valence-electron chi connectivity index (χ4n) is 0.981. The molecule has 0 saturated carbocycles. The molecule has 0 heterocycles. The first-order valence-electron chi connectivity index (χ1n) is 4.24. The molecule has 0 aliphatic rings. The van der Waals surface area contributed by atoms with Crippen LogP contribution in [-0.4, -0.2) is 13.6 Å².